The summed E-state index contributed by atoms with van der Waals surface area (Å²) in [6.07, 6.45) is 0. The molecule has 21 heavy (non-hydrogen) atoms. The number of aliphatic hydroxyl groups is 1. The molecule has 0 aliphatic heterocycles. The van der Waals surface area contributed by atoms with E-state index < -0.39 is 0 Å². The molecule has 2 aromatic rings. The van der Waals surface area contributed by atoms with Gasteiger partial charge < -0.3 is 9.84 Å². The summed E-state index contributed by atoms with van der Waals surface area (Å²) in [5.41, 5.74) is 1.88. The van der Waals surface area contributed by atoms with Gasteiger partial charge >= 0.3 is 0 Å². The van der Waals surface area contributed by atoms with Crippen molar-refractivity contribution in [1.29, 1.82) is 0 Å². The van der Waals surface area contributed by atoms with Gasteiger partial charge in [0.1, 0.15) is 18.2 Å². The number of ether oxygens (including phenoxy) is 1. The highest BCUT2D eigenvalue weighted by Crippen LogP contribution is 2.26. The summed E-state index contributed by atoms with van der Waals surface area (Å²) in [6.45, 7) is -0.170. The number of halogens is 1. The Balaban J connectivity index is 2.18. The van der Waals surface area contributed by atoms with Gasteiger partial charge in [-0.3, -0.25) is 0 Å². The average molecular weight is 302 g/mol. The second-order valence-corrected chi connectivity index (χ2v) is 5.27. The summed E-state index contributed by atoms with van der Waals surface area (Å²) in [5.74, 6) is 6.80. The van der Waals surface area contributed by atoms with Crippen LogP contribution in [0, 0.1) is 17.7 Å². The van der Waals surface area contributed by atoms with Gasteiger partial charge in [0.15, 0.2) is 0 Å². The lowest BCUT2D eigenvalue weighted by Crippen LogP contribution is -1.91. The minimum Gasteiger partial charge on any atom is -0.497 e. The van der Waals surface area contributed by atoms with Crippen LogP contribution in [0.4, 0.5) is 4.39 Å². The monoisotopic (exact) mass is 302 g/mol. The van der Waals surface area contributed by atoms with E-state index in [1.165, 1.54) is 12.1 Å². The molecule has 2 nitrogen and oxygen atoms in total. The van der Waals surface area contributed by atoms with Gasteiger partial charge in [0.05, 0.1) is 7.11 Å². The van der Waals surface area contributed by atoms with Gasteiger partial charge in [0, 0.05) is 16.2 Å². The lowest BCUT2D eigenvalue weighted by atomic mass is 10.1. The van der Waals surface area contributed by atoms with E-state index in [4.69, 9.17) is 9.84 Å². The molecule has 0 bridgehead atoms. The number of methoxy groups -OCH3 is 1. The maximum atomic E-state index is 12.9. The molecule has 0 saturated heterocycles. The smallest absolute Gasteiger partial charge is 0.123 e. The van der Waals surface area contributed by atoms with Gasteiger partial charge in [-0.05, 0) is 48.0 Å². The van der Waals surface area contributed by atoms with Crippen molar-refractivity contribution >= 4 is 11.8 Å². The molecule has 1 N–H and O–H groups in total. The van der Waals surface area contributed by atoms with Gasteiger partial charge in [-0.2, -0.15) is 0 Å². The summed E-state index contributed by atoms with van der Waals surface area (Å²) in [5, 5.41) is 8.81. The molecule has 0 aliphatic rings. The Morgan fingerprint density at radius 3 is 2.62 bits per heavy atom. The third-order valence-corrected chi connectivity index (χ3v) is 3.88. The highest BCUT2D eigenvalue weighted by molar-refractivity contribution is 7.98. The predicted octanol–water partition coefficient (Wildman–Crippen LogP) is 3.47. The fraction of sp³-hybridized carbons (Fsp3) is 0.176. The Hall–Kier alpha value is -1.96. The quantitative estimate of drug-likeness (QED) is 0.693. The van der Waals surface area contributed by atoms with Crippen LogP contribution in [0.25, 0.3) is 0 Å². The highest BCUT2D eigenvalue weighted by Gasteiger charge is 2.04. The molecule has 0 unspecified atom stereocenters. The highest BCUT2D eigenvalue weighted by atomic mass is 32.2. The molecule has 0 fully saturated rings. The van der Waals surface area contributed by atoms with Gasteiger partial charge in [0.25, 0.3) is 0 Å². The Labute approximate surface area is 128 Å². The molecule has 4 heteroatoms. The first-order valence-electron chi connectivity index (χ1n) is 6.38. The Morgan fingerprint density at radius 1 is 1.19 bits per heavy atom. The lowest BCUT2D eigenvalue weighted by molar-refractivity contribution is 0.350. The number of benzene rings is 2. The van der Waals surface area contributed by atoms with Crippen LogP contribution in [0.5, 0.6) is 5.75 Å². The molecule has 0 saturated carbocycles. The van der Waals surface area contributed by atoms with Crippen LogP contribution < -0.4 is 4.74 Å². The lowest BCUT2D eigenvalue weighted by Gasteiger charge is -2.08. The molecule has 2 aromatic carbocycles. The van der Waals surface area contributed by atoms with E-state index in [0.717, 1.165) is 21.8 Å². The van der Waals surface area contributed by atoms with Crippen molar-refractivity contribution in [3.8, 4) is 17.6 Å². The van der Waals surface area contributed by atoms with E-state index >= 15 is 0 Å². The molecule has 0 amide bonds. The van der Waals surface area contributed by atoms with Gasteiger partial charge in [-0.1, -0.05) is 11.8 Å². The van der Waals surface area contributed by atoms with Crippen molar-refractivity contribution in [1.82, 2.24) is 0 Å². The summed E-state index contributed by atoms with van der Waals surface area (Å²) >= 11 is 1.60. The number of hydrogen-bond donors (Lipinski definition) is 1. The number of thioether (sulfide) groups is 1. The molecule has 0 aliphatic carbocycles. The van der Waals surface area contributed by atoms with Crippen molar-refractivity contribution in [2.24, 2.45) is 0 Å². The van der Waals surface area contributed by atoms with Crippen molar-refractivity contribution in [3.05, 3.63) is 59.4 Å². The number of hydrogen-bond acceptors (Lipinski definition) is 3. The summed E-state index contributed by atoms with van der Waals surface area (Å²) < 4.78 is 18.1. The van der Waals surface area contributed by atoms with E-state index in [9.17, 15) is 4.39 Å². The Kier molecular flexibility index (Phi) is 5.68. The molecule has 0 heterocycles. The topological polar surface area (TPSA) is 29.5 Å². The first-order chi connectivity index (χ1) is 10.2. The van der Waals surface area contributed by atoms with E-state index in [2.05, 4.69) is 11.8 Å². The number of aliphatic hydroxyl groups excluding tert-OH is 1. The molecule has 0 radical (unpaired) electrons. The van der Waals surface area contributed by atoms with Crippen LogP contribution >= 0.6 is 11.8 Å². The van der Waals surface area contributed by atoms with Gasteiger partial charge in [0.2, 0.25) is 0 Å². The van der Waals surface area contributed by atoms with Crippen molar-refractivity contribution in [2.45, 2.75) is 10.6 Å². The normalized spacial score (nSPS) is 9.86. The zero-order valence-electron chi connectivity index (χ0n) is 11.6. The fourth-order valence-corrected chi connectivity index (χ4v) is 2.65. The van der Waals surface area contributed by atoms with Crippen molar-refractivity contribution in [2.75, 3.05) is 13.7 Å². The van der Waals surface area contributed by atoms with Crippen LogP contribution in [0.2, 0.25) is 0 Å². The third-order valence-electron chi connectivity index (χ3n) is 2.82. The summed E-state index contributed by atoms with van der Waals surface area (Å²) in [6, 6.07) is 12.0. The minimum absolute atomic E-state index is 0.170. The molecule has 108 valence electrons. The zero-order chi connectivity index (χ0) is 15.1. The third kappa shape index (κ3) is 4.52. The van der Waals surface area contributed by atoms with E-state index in [1.54, 1.807) is 31.0 Å². The maximum absolute atomic E-state index is 12.9. The Morgan fingerprint density at radius 2 is 1.95 bits per heavy atom. The van der Waals surface area contributed by atoms with Crippen molar-refractivity contribution in [3.63, 3.8) is 0 Å². The van der Waals surface area contributed by atoms with E-state index in [1.807, 2.05) is 18.2 Å². The molecule has 0 aromatic heterocycles. The first-order valence-corrected chi connectivity index (χ1v) is 7.36. The first kappa shape index (κ1) is 15.4. The second-order valence-electron chi connectivity index (χ2n) is 4.23. The molecule has 0 spiro atoms. The van der Waals surface area contributed by atoms with Crippen LogP contribution in [0.15, 0.2) is 47.4 Å². The Bertz CT molecular complexity index is 657. The standard InChI is InChI=1S/C17H15FO2S/c1-20-16-7-4-13(3-2-10-19)14(11-16)12-21-17-8-5-15(18)6-9-17/h4-9,11,19H,10,12H2,1H3. The zero-order valence-corrected chi connectivity index (χ0v) is 12.4. The van der Waals surface area contributed by atoms with E-state index in [0.29, 0.717) is 5.75 Å². The molecular formula is C17H15FO2S. The maximum Gasteiger partial charge on any atom is 0.123 e. The summed E-state index contributed by atoms with van der Waals surface area (Å²) in [4.78, 5) is 0.986. The predicted molar refractivity (Wildman–Crippen MR) is 82.9 cm³/mol. The second kappa shape index (κ2) is 7.72. The van der Waals surface area contributed by atoms with Gasteiger partial charge in [-0.15, -0.1) is 11.8 Å². The van der Waals surface area contributed by atoms with Crippen LogP contribution in [0.3, 0.4) is 0 Å². The van der Waals surface area contributed by atoms with Crippen LogP contribution in [-0.2, 0) is 5.75 Å². The molecule has 0 atom stereocenters. The molecular weight excluding hydrogens is 287 g/mol. The SMILES string of the molecule is COc1ccc(C#CCO)c(CSc2ccc(F)cc2)c1. The van der Waals surface area contributed by atoms with Crippen molar-refractivity contribution < 1.29 is 14.2 Å². The fourth-order valence-electron chi connectivity index (χ4n) is 1.77. The van der Waals surface area contributed by atoms with E-state index in [-0.39, 0.29) is 12.4 Å². The molecule has 2 rings (SSSR count). The number of rotatable bonds is 4. The minimum atomic E-state index is -0.241. The van der Waals surface area contributed by atoms with Gasteiger partial charge in [-0.25, -0.2) is 4.39 Å². The average Bonchev–Trinajstić information content (AvgIpc) is 2.52. The van der Waals surface area contributed by atoms with Crippen LogP contribution in [0.1, 0.15) is 11.1 Å². The largest absolute Gasteiger partial charge is 0.497 e. The summed E-state index contributed by atoms with van der Waals surface area (Å²) in [7, 11) is 1.62. The van der Waals surface area contributed by atoms with Crippen LogP contribution in [-0.4, -0.2) is 18.8 Å².